The molecule has 0 spiro atoms. The summed E-state index contributed by atoms with van der Waals surface area (Å²) in [6, 6.07) is 2.01. The van der Waals surface area contributed by atoms with E-state index >= 15 is 0 Å². The molecule has 2 nitrogen and oxygen atoms in total. The topological polar surface area (TPSA) is 26.0 Å². The Morgan fingerprint density at radius 3 is 2.92 bits per heavy atom. The van der Waals surface area contributed by atoms with Crippen molar-refractivity contribution in [2.45, 2.75) is 26.2 Å². The molecule has 68 valence electrons. The molecule has 0 aromatic carbocycles. The van der Waals surface area contributed by atoms with Gasteiger partial charge in [-0.25, -0.2) is 4.98 Å². The summed E-state index contributed by atoms with van der Waals surface area (Å²) < 4.78 is 20.3. The average Bonchev–Trinajstić information content (AvgIpc) is 2.41. The molecule has 13 heavy (non-hydrogen) atoms. The lowest BCUT2D eigenvalue weighted by Crippen LogP contribution is -2.11. The van der Waals surface area contributed by atoms with Crippen molar-refractivity contribution < 1.29 is 7.16 Å². The van der Waals surface area contributed by atoms with Gasteiger partial charge in [-0.15, -0.1) is 0 Å². The fraction of sp³-hybridized carbons (Fsp3) is 0.364. The van der Waals surface area contributed by atoms with Crippen LogP contribution in [0.15, 0.2) is 29.0 Å². The highest BCUT2D eigenvalue weighted by atomic mass is 16.3. The Morgan fingerprint density at radius 1 is 1.46 bits per heavy atom. The van der Waals surface area contributed by atoms with Crippen LogP contribution < -0.4 is 0 Å². The van der Waals surface area contributed by atoms with Gasteiger partial charge in [0.25, 0.3) is 0 Å². The van der Waals surface area contributed by atoms with Crippen LogP contribution in [-0.2, 0) is 5.41 Å². The first-order valence-corrected chi connectivity index (χ1v) is 4.26. The van der Waals surface area contributed by atoms with E-state index in [0.29, 0.717) is 11.1 Å². The second kappa shape index (κ2) is 2.59. The monoisotopic (exact) mass is 177 g/mol. The predicted octanol–water partition coefficient (Wildman–Crippen LogP) is 3.13. The normalized spacial score (nSPS) is 14.4. The average molecular weight is 177 g/mol. The van der Waals surface area contributed by atoms with E-state index in [-0.39, 0.29) is 17.7 Å². The lowest BCUT2D eigenvalue weighted by Gasteiger charge is -2.19. The zero-order chi connectivity index (χ0) is 11.2. The second-order valence-electron chi connectivity index (χ2n) is 4.12. The van der Waals surface area contributed by atoms with Gasteiger partial charge in [-0.05, 0) is 23.1 Å². The van der Waals surface area contributed by atoms with E-state index in [2.05, 4.69) is 25.8 Å². The van der Waals surface area contributed by atoms with Crippen molar-refractivity contribution in [2.75, 3.05) is 0 Å². The lowest BCUT2D eigenvalue weighted by atomic mass is 9.86. The first-order valence-electron chi connectivity index (χ1n) is 5.26. The standard InChI is InChI=1S/C11H13NO/c1-11(2,3)9-4-6-12-10-8(9)5-7-13-10/h4-7H,1-3H3/i5D,7D. The molecule has 0 aliphatic carbocycles. The molecule has 2 heteroatoms. The maximum absolute atomic E-state index is 7.77. The minimum atomic E-state index is -0.116. The van der Waals surface area contributed by atoms with E-state index < -0.39 is 0 Å². The number of nitrogens with zero attached hydrogens (tertiary/aromatic N) is 1. The summed E-state index contributed by atoms with van der Waals surface area (Å²) in [6.45, 7) is 6.20. The maximum atomic E-state index is 7.77. The van der Waals surface area contributed by atoms with Crippen LogP contribution in [0.3, 0.4) is 0 Å². The van der Waals surface area contributed by atoms with Crippen LogP contribution in [-0.4, -0.2) is 4.98 Å². The van der Waals surface area contributed by atoms with Gasteiger partial charge < -0.3 is 4.42 Å². The van der Waals surface area contributed by atoms with Gasteiger partial charge in [0.1, 0.15) is 1.37 Å². The van der Waals surface area contributed by atoms with Crippen molar-refractivity contribution in [3.05, 3.63) is 30.1 Å². The summed E-state index contributed by atoms with van der Waals surface area (Å²) in [4.78, 5) is 4.03. The third-order valence-electron chi connectivity index (χ3n) is 2.05. The molecule has 0 aliphatic rings. The van der Waals surface area contributed by atoms with E-state index in [9.17, 15) is 0 Å². The number of aromatic nitrogens is 1. The van der Waals surface area contributed by atoms with Crippen molar-refractivity contribution in [1.82, 2.24) is 4.98 Å². The highest BCUT2D eigenvalue weighted by molar-refractivity contribution is 5.78. The van der Waals surface area contributed by atoms with Crippen LogP contribution in [0.25, 0.3) is 11.1 Å². The summed E-state index contributed by atoms with van der Waals surface area (Å²) in [6.07, 6.45) is 1.54. The third kappa shape index (κ3) is 1.32. The number of hydrogen-bond acceptors (Lipinski definition) is 2. The van der Waals surface area contributed by atoms with E-state index in [0.717, 1.165) is 5.56 Å². The first-order chi connectivity index (χ1) is 6.91. The fourth-order valence-corrected chi connectivity index (χ4v) is 1.39. The van der Waals surface area contributed by atoms with Crippen molar-refractivity contribution in [3.63, 3.8) is 0 Å². The van der Waals surface area contributed by atoms with Crippen LogP contribution in [0.5, 0.6) is 0 Å². The van der Waals surface area contributed by atoms with Gasteiger partial charge in [-0.3, -0.25) is 0 Å². The van der Waals surface area contributed by atoms with Crippen molar-refractivity contribution in [3.8, 4) is 0 Å². The lowest BCUT2D eigenvalue weighted by molar-refractivity contribution is 0.587. The third-order valence-corrected chi connectivity index (χ3v) is 2.05. The molecule has 0 fully saturated rings. The number of furan rings is 1. The Kier molecular flexibility index (Phi) is 1.23. The molecule has 2 rings (SSSR count). The van der Waals surface area contributed by atoms with E-state index in [1.54, 1.807) is 6.20 Å². The summed E-state index contributed by atoms with van der Waals surface area (Å²) in [5.74, 6) is 0. The second-order valence-corrected chi connectivity index (χ2v) is 4.12. The molecule has 0 unspecified atom stereocenters. The number of fused-ring (bicyclic) bond motifs is 1. The Bertz CT molecular complexity index is 511. The van der Waals surface area contributed by atoms with Gasteiger partial charge in [0, 0.05) is 11.6 Å². The molecule has 0 atom stereocenters. The molecule has 0 saturated carbocycles. The minimum Gasteiger partial charge on any atom is -0.446 e. The highest BCUT2D eigenvalue weighted by Gasteiger charge is 2.17. The summed E-state index contributed by atoms with van der Waals surface area (Å²) in [5, 5.41) is 0.662. The molecule has 0 N–H and O–H groups in total. The maximum Gasteiger partial charge on any atom is 0.226 e. The van der Waals surface area contributed by atoms with Gasteiger partial charge in [0.15, 0.2) is 0 Å². The van der Waals surface area contributed by atoms with E-state index in [1.807, 2.05) is 6.07 Å². The Labute approximate surface area is 80.4 Å². The Hall–Kier alpha value is -1.31. The molecule has 0 aliphatic heterocycles. The predicted molar refractivity (Wildman–Crippen MR) is 52.7 cm³/mol. The smallest absolute Gasteiger partial charge is 0.226 e. The Morgan fingerprint density at radius 2 is 2.23 bits per heavy atom. The molecule has 0 bridgehead atoms. The molecule has 2 aromatic rings. The molecule has 0 saturated heterocycles. The number of hydrogen-bond donors (Lipinski definition) is 0. The molecular weight excluding hydrogens is 162 g/mol. The van der Waals surface area contributed by atoms with Crippen molar-refractivity contribution >= 4 is 11.1 Å². The first kappa shape index (κ1) is 6.19. The van der Waals surface area contributed by atoms with Gasteiger partial charge in [-0.1, -0.05) is 20.8 Å². The van der Waals surface area contributed by atoms with Gasteiger partial charge in [0.05, 0.1) is 7.61 Å². The van der Waals surface area contributed by atoms with Crippen molar-refractivity contribution in [1.29, 1.82) is 0 Å². The molecule has 0 amide bonds. The van der Waals surface area contributed by atoms with Crippen LogP contribution in [0.2, 0.25) is 0 Å². The number of rotatable bonds is 0. The molecule has 0 radical (unpaired) electrons. The van der Waals surface area contributed by atoms with Crippen molar-refractivity contribution in [2.24, 2.45) is 0 Å². The van der Waals surface area contributed by atoms with Gasteiger partial charge >= 0.3 is 0 Å². The summed E-state index contributed by atoms with van der Waals surface area (Å²) in [7, 11) is 0. The molecule has 2 aromatic heterocycles. The van der Waals surface area contributed by atoms with E-state index in [1.165, 1.54) is 0 Å². The van der Waals surface area contributed by atoms with Crippen LogP contribution in [0.1, 0.15) is 29.1 Å². The van der Waals surface area contributed by atoms with Gasteiger partial charge in [-0.2, -0.15) is 0 Å². The summed E-state index contributed by atoms with van der Waals surface area (Å²) >= 11 is 0. The fourth-order valence-electron chi connectivity index (χ4n) is 1.39. The van der Waals surface area contributed by atoms with Crippen LogP contribution in [0, 0.1) is 0 Å². The SMILES string of the molecule is [2H]c1oc2nccc(C(C)(C)C)c2c1[2H]. The Balaban J connectivity index is 2.86. The zero-order valence-corrected chi connectivity index (χ0v) is 8.01. The highest BCUT2D eigenvalue weighted by Crippen LogP contribution is 2.28. The van der Waals surface area contributed by atoms with Crippen LogP contribution >= 0.6 is 0 Å². The quantitative estimate of drug-likeness (QED) is 0.618. The minimum absolute atomic E-state index is 0.0761. The van der Waals surface area contributed by atoms with E-state index in [4.69, 9.17) is 7.16 Å². The zero-order valence-electron chi connectivity index (χ0n) is 10.0. The number of pyridine rings is 1. The largest absolute Gasteiger partial charge is 0.446 e. The molecule has 2 heterocycles. The van der Waals surface area contributed by atoms with Crippen LogP contribution in [0.4, 0.5) is 0 Å². The van der Waals surface area contributed by atoms with Gasteiger partial charge in [0.2, 0.25) is 5.71 Å². The molecular formula is C11H13NO. The summed E-state index contributed by atoms with van der Waals surface area (Å²) in [5.41, 5.74) is 1.31.